The number of hydrogen-bond acceptors (Lipinski definition) is 5. The van der Waals surface area contributed by atoms with Crippen molar-refractivity contribution in [3.8, 4) is 0 Å². The second-order valence-electron chi connectivity index (χ2n) is 11.4. The van der Waals surface area contributed by atoms with Gasteiger partial charge in [0.05, 0.1) is 17.6 Å². The molecule has 10 heteroatoms. The molecule has 0 unspecified atom stereocenters. The Morgan fingerprint density at radius 1 is 1.00 bits per heavy atom. The first-order valence-electron chi connectivity index (χ1n) is 13.2. The molecule has 0 bridgehead atoms. The Balaban J connectivity index is 1.92. The number of hydrogen-bond donors (Lipinski definition) is 2. The molecule has 3 aromatic rings. The van der Waals surface area contributed by atoms with Gasteiger partial charge < -0.3 is 20.1 Å². The average molecular weight is 570 g/mol. The van der Waals surface area contributed by atoms with E-state index in [0.717, 1.165) is 12.1 Å². The number of methoxy groups -OCH3 is 1. The van der Waals surface area contributed by atoms with E-state index in [1.165, 1.54) is 18.9 Å². The molecule has 0 radical (unpaired) electrons. The first-order chi connectivity index (χ1) is 19.2. The van der Waals surface area contributed by atoms with Crippen molar-refractivity contribution in [2.45, 2.75) is 58.1 Å². The maximum atomic E-state index is 14.3. The smallest absolute Gasteiger partial charge is 0.416 e. The van der Waals surface area contributed by atoms with Crippen LogP contribution in [0.15, 0.2) is 72.8 Å². The number of aliphatic carboxylic acids is 1. The van der Waals surface area contributed by atoms with Crippen molar-refractivity contribution >= 4 is 17.7 Å². The lowest BCUT2D eigenvalue weighted by Gasteiger charge is -2.35. The van der Waals surface area contributed by atoms with Crippen molar-refractivity contribution in [1.29, 1.82) is 0 Å². The van der Waals surface area contributed by atoms with Crippen molar-refractivity contribution in [3.05, 3.63) is 95.2 Å². The van der Waals surface area contributed by atoms with E-state index in [1.807, 2.05) is 20.8 Å². The number of aromatic nitrogens is 1. The van der Waals surface area contributed by atoms with Crippen LogP contribution < -0.4 is 5.32 Å². The van der Waals surface area contributed by atoms with E-state index in [4.69, 9.17) is 4.74 Å². The van der Waals surface area contributed by atoms with Gasteiger partial charge in [-0.15, -0.1) is 0 Å². The Kier molecular flexibility index (Phi) is 8.44. The first-order valence-corrected chi connectivity index (χ1v) is 13.2. The van der Waals surface area contributed by atoms with Gasteiger partial charge in [-0.1, -0.05) is 81.4 Å². The second kappa shape index (κ2) is 11.5. The van der Waals surface area contributed by atoms with Crippen LogP contribution in [0.5, 0.6) is 0 Å². The Labute approximate surface area is 237 Å². The number of carbonyl (C=O) groups is 2. The van der Waals surface area contributed by atoms with Crippen molar-refractivity contribution in [3.63, 3.8) is 0 Å². The Morgan fingerprint density at radius 2 is 1.59 bits per heavy atom. The fourth-order valence-electron chi connectivity index (χ4n) is 5.88. The Morgan fingerprint density at radius 3 is 2.10 bits per heavy atom. The van der Waals surface area contributed by atoms with Crippen LogP contribution in [-0.2, 0) is 20.5 Å². The summed E-state index contributed by atoms with van der Waals surface area (Å²) in [4.78, 5) is 33.0. The van der Waals surface area contributed by atoms with Crippen molar-refractivity contribution < 1.29 is 32.6 Å². The maximum Gasteiger partial charge on any atom is 0.416 e. The number of amides is 1. The van der Waals surface area contributed by atoms with Crippen molar-refractivity contribution in [2.24, 2.45) is 11.3 Å². The first kappa shape index (κ1) is 30.0. The zero-order valence-electron chi connectivity index (χ0n) is 23.5. The highest BCUT2D eigenvalue weighted by atomic mass is 19.4. The standard InChI is InChI=1S/C31H34F3N3O4/c1-18-16-21(31(32,33)34)17-22(35-18)36-24-23(30(2,3)4)26(29(39)40)37(25(24)19-12-8-6-9-13-19)28(38)27(41-5)20-14-10-7-11-15-20/h6-17,23-27H,1-5H3,(H,35,36)(H,39,40)/t23-,24-,25-,26-,27-/m0/s1. The maximum absolute atomic E-state index is 14.3. The molecule has 0 aliphatic carbocycles. The lowest BCUT2D eigenvalue weighted by molar-refractivity contribution is -0.157. The molecule has 5 atom stereocenters. The Hall–Kier alpha value is -3.92. The number of ether oxygens (including phenoxy) is 1. The van der Waals surface area contributed by atoms with Crippen LogP contribution in [0.1, 0.15) is 55.3 Å². The van der Waals surface area contributed by atoms with E-state index in [2.05, 4.69) is 10.3 Å². The largest absolute Gasteiger partial charge is 0.480 e. The number of halogens is 3. The summed E-state index contributed by atoms with van der Waals surface area (Å²) in [6.07, 6.45) is -5.70. The predicted octanol–water partition coefficient (Wildman–Crippen LogP) is 6.28. The highest BCUT2D eigenvalue weighted by molar-refractivity contribution is 5.89. The molecule has 2 N–H and O–H groups in total. The molecule has 2 aromatic carbocycles. The topological polar surface area (TPSA) is 91.8 Å². The quantitative estimate of drug-likeness (QED) is 0.348. The monoisotopic (exact) mass is 569 g/mol. The lowest BCUT2D eigenvalue weighted by Crippen LogP contribution is -2.48. The summed E-state index contributed by atoms with van der Waals surface area (Å²) in [6.45, 7) is 7.03. The number of rotatable bonds is 7. The molecule has 2 heterocycles. The normalized spacial score (nSPS) is 21.9. The molecule has 4 rings (SSSR count). The number of pyridine rings is 1. The molecule has 1 amide bonds. The summed E-state index contributed by atoms with van der Waals surface area (Å²) in [5.74, 6) is -2.58. The number of alkyl halides is 3. The number of benzene rings is 2. The van der Waals surface area contributed by atoms with Gasteiger partial charge in [-0.3, -0.25) is 4.79 Å². The van der Waals surface area contributed by atoms with E-state index in [1.54, 1.807) is 60.7 Å². The number of nitrogens with one attached hydrogen (secondary N) is 1. The SMILES string of the molecule is CO[C@H](C(=O)N1[C@H](C(=O)O)[C@@H](C(C)(C)C)[C@H](Nc2cc(C(F)(F)F)cc(C)n2)[C@@H]1c1ccccc1)c1ccccc1. The van der Waals surface area contributed by atoms with Crippen LogP contribution in [0, 0.1) is 18.3 Å². The minimum Gasteiger partial charge on any atom is -0.480 e. The van der Waals surface area contributed by atoms with Crippen LogP contribution in [0.25, 0.3) is 0 Å². The van der Waals surface area contributed by atoms with Crippen LogP contribution in [-0.4, -0.2) is 46.1 Å². The molecule has 41 heavy (non-hydrogen) atoms. The number of carbonyl (C=O) groups excluding carboxylic acids is 1. The van der Waals surface area contributed by atoms with Crippen molar-refractivity contribution in [1.82, 2.24) is 9.88 Å². The average Bonchev–Trinajstić information content (AvgIpc) is 3.25. The van der Waals surface area contributed by atoms with E-state index < -0.39 is 59.2 Å². The summed E-state index contributed by atoms with van der Waals surface area (Å²) in [6, 6.07) is 16.5. The minimum atomic E-state index is -4.60. The highest BCUT2D eigenvalue weighted by Crippen LogP contribution is 2.50. The van der Waals surface area contributed by atoms with E-state index in [9.17, 15) is 27.9 Å². The molecule has 1 fully saturated rings. The van der Waals surface area contributed by atoms with E-state index in [-0.39, 0.29) is 11.5 Å². The summed E-state index contributed by atoms with van der Waals surface area (Å²) >= 11 is 0. The Bertz CT molecular complexity index is 1380. The van der Waals surface area contributed by atoms with Crippen LogP contribution >= 0.6 is 0 Å². The number of likely N-dealkylation sites (tertiary alicyclic amines) is 1. The van der Waals surface area contributed by atoms with Gasteiger partial charge in [0, 0.05) is 18.7 Å². The lowest BCUT2D eigenvalue weighted by atomic mass is 9.72. The molecular formula is C31H34F3N3O4. The zero-order valence-corrected chi connectivity index (χ0v) is 23.5. The number of anilines is 1. The summed E-state index contributed by atoms with van der Waals surface area (Å²) in [5.41, 5.74) is -0.248. The van der Waals surface area contributed by atoms with Crippen LogP contribution in [0.4, 0.5) is 19.0 Å². The number of carboxylic acid groups (broad SMARTS) is 1. The molecule has 1 saturated heterocycles. The molecular weight excluding hydrogens is 535 g/mol. The number of nitrogens with zero attached hydrogens (tertiary/aromatic N) is 2. The summed E-state index contributed by atoms with van der Waals surface area (Å²) in [5, 5.41) is 13.8. The van der Waals surface area contributed by atoms with Gasteiger partial charge in [0.1, 0.15) is 11.9 Å². The van der Waals surface area contributed by atoms with Gasteiger partial charge in [0.2, 0.25) is 0 Å². The fourth-order valence-corrected chi connectivity index (χ4v) is 5.88. The molecule has 1 aliphatic heterocycles. The van der Waals surface area contributed by atoms with Crippen molar-refractivity contribution in [2.75, 3.05) is 12.4 Å². The zero-order chi connectivity index (χ0) is 30.1. The number of aryl methyl sites for hydroxylation is 1. The molecule has 7 nitrogen and oxygen atoms in total. The molecule has 1 aliphatic rings. The molecule has 0 spiro atoms. The third-order valence-electron chi connectivity index (χ3n) is 7.47. The summed E-state index contributed by atoms with van der Waals surface area (Å²) in [7, 11) is 1.38. The molecule has 218 valence electrons. The van der Waals surface area contributed by atoms with Gasteiger partial charge >= 0.3 is 12.1 Å². The van der Waals surface area contributed by atoms with Gasteiger partial charge in [0.15, 0.2) is 6.10 Å². The highest BCUT2D eigenvalue weighted by Gasteiger charge is 2.59. The second-order valence-corrected chi connectivity index (χ2v) is 11.4. The third-order valence-corrected chi connectivity index (χ3v) is 7.47. The summed E-state index contributed by atoms with van der Waals surface area (Å²) < 4.78 is 46.7. The van der Waals surface area contributed by atoms with Crippen LogP contribution in [0.3, 0.4) is 0 Å². The van der Waals surface area contributed by atoms with Gasteiger partial charge in [-0.25, -0.2) is 9.78 Å². The van der Waals surface area contributed by atoms with E-state index in [0.29, 0.717) is 11.1 Å². The van der Waals surface area contributed by atoms with Crippen LogP contribution in [0.2, 0.25) is 0 Å². The predicted molar refractivity (Wildman–Crippen MR) is 148 cm³/mol. The van der Waals surface area contributed by atoms with E-state index >= 15 is 0 Å². The molecule has 0 saturated carbocycles. The van der Waals surface area contributed by atoms with Gasteiger partial charge in [-0.2, -0.15) is 13.2 Å². The molecule has 1 aromatic heterocycles. The number of carboxylic acids is 1. The fraction of sp³-hybridized carbons (Fsp3) is 0.387. The third kappa shape index (κ3) is 6.22. The van der Waals surface area contributed by atoms with Gasteiger partial charge in [-0.05, 0) is 35.6 Å². The minimum absolute atomic E-state index is 0.0534. The van der Waals surface area contributed by atoms with Gasteiger partial charge in [0.25, 0.3) is 5.91 Å².